The molecule has 0 aliphatic heterocycles. The molecule has 0 bridgehead atoms. The molecule has 3 aliphatic rings. The van der Waals surface area contributed by atoms with Gasteiger partial charge in [-0.3, -0.25) is 4.79 Å². The number of hydrogen-bond donors (Lipinski definition) is 1. The highest BCUT2D eigenvalue weighted by Gasteiger charge is 2.64. The van der Waals surface area contributed by atoms with Crippen LogP contribution in [0.4, 0.5) is 0 Å². The summed E-state index contributed by atoms with van der Waals surface area (Å²) in [4.78, 5) is 12.2. The van der Waals surface area contributed by atoms with Crippen molar-refractivity contribution in [2.75, 3.05) is 0 Å². The van der Waals surface area contributed by atoms with Gasteiger partial charge < -0.3 is 9.53 Å². The quantitative estimate of drug-likeness (QED) is 0.581. The van der Waals surface area contributed by atoms with Crippen molar-refractivity contribution in [3.8, 4) is 0 Å². The molecule has 0 radical (unpaired) electrons. The van der Waals surface area contributed by atoms with Crippen molar-refractivity contribution in [3.63, 3.8) is 0 Å². The fraction of sp³-hybridized carbons (Fsp3) is 0.762. The van der Waals surface area contributed by atoms with Crippen LogP contribution in [0.2, 0.25) is 18.1 Å². The Morgan fingerprint density at radius 1 is 1.32 bits per heavy atom. The van der Waals surface area contributed by atoms with Crippen LogP contribution >= 0.6 is 0 Å². The van der Waals surface area contributed by atoms with Crippen LogP contribution in [0, 0.1) is 11.3 Å². The third kappa shape index (κ3) is 2.72. The lowest BCUT2D eigenvalue weighted by molar-refractivity contribution is -0.114. The highest BCUT2D eigenvalue weighted by molar-refractivity contribution is 6.74. The van der Waals surface area contributed by atoms with E-state index < -0.39 is 19.3 Å². The van der Waals surface area contributed by atoms with Gasteiger partial charge in [0.1, 0.15) is 0 Å². The van der Waals surface area contributed by atoms with Crippen LogP contribution in [0.15, 0.2) is 24.3 Å². The van der Waals surface area contributed by atoms with Crippen LogP contribution < -0.4 is 0 Å². The summed E-state index contributed by atoms with van der Waals surface area (Å²) >= 11 is 0. The minimum absolute atomic E-state index is 0.0173. The molecule has 0 saturated heterocycles. The van der Waals surface area contributed by atoms with Crippen LogP contribution in [0.5, 0.6) is 0 Å². The van der Waals surface area contributed by atoms with E-state index >= 15 is 0 Å². The predicted molar refractivity (Wildman–Crippen MR) is 104 cm³/mol. The van der Waals surface area contributed by atoms with E-state index in [9.17, 15) is 9.90 Å². The molecule has 25 heavy (non-hydrogen) atoms. The van der Waals surface area contributed by atoms with Crippen LogP contribution in [-0.2, 0) is 9.22 Å². The van der Waals surface area contributed by atoms with Crippen molar-refractivity contribution in [1.29, 1.82) is 0 Å². The van der Waals surface area contributed by atoms with Gasteiger partial charge in [0.2, 0.25) is 0 Å². The van der Waals surface area contributed by atoms with Gasteiger partial charge in [0, 0.05) is 11.8 Å². The lowest BCUT2D eigenvalue weighted by atomic mass is 9.58. The monoisotopic (exact) mass is 362 g/mol. The molecule has 0 aromatic carbocycles. The van der Waals surface area contributed by atoms with Gasteiger partial charge in [0.05, 0.1) is 11.7 Å². The fourth-order valence-corrected chi connectivity index (χ4v) is 6.50. The second kappa shape index (κ2) is 5.90. The van der Waals surface area contributed by atoms with Gasteiger partial charge in [-0.05, 0) is 55.8 Å². The number of carbonyl (C=O) groups is 1. The summed E-state index contributed by atoms with van der Waals surface area (Å²) in [6, 6.07) is 0. The number of hydrogen-bond acceptors (Lipinski definition) is 3. The highest BCUT2D eigenvalue weighted by atomic mass is 28.4. The zero-order valence-electron chi connectivity index (χ0n) is 16.5. The number of fused-ring (bicyclic) bond motifs is 2. The summed E-state index contributed by atoms with van der Waals surface area (Å²) in [6.07, 6.45) is 8.67. The lowest BCUT2D eigenvalue weighted by Crippen LogP contribution is -2.56. The smallest absolute Gasteiger partial charge is 0.192 e. The first-order chi connectivity index (χ1) is 11.5. The Kier molecular flexibility index (Phi) is 4.50. The molecule has 0 aromatic heterocycles. The number of ketones is 1. The van der Waals surface area contributed by atoms with Crippen molar-refractivity contribution in [1.82, 2.24) is 0 Å². The largest absolute Gasteiger partial charge is 0.413 e. The molecule has 2 fully saturated rings. The molecule has 4 heteroatoms. The maximum atomic E-state index is 12.2. The van der Waals surface area contributed by atoms with Gasteiger partial charge in [0.25, 0.3) is 0 Å². The Morgan fingerprint density at radius 3 is 2.60 bits per heavy atom. The van der Waals surface area contributed by atoms with Gasteiger partial charge in [-0.15, -0.1) is 6.58 Å². The van der Waals surface area contributed by atoms with Gasteiger partial charge >= 0.3 is 0 Å². The summed E-state index contributed by atoms with van der Waals surface area (Å²) in [5.41, 5.74) is -0.263. The van der Waals surface area contributed by atoms with Crippen molar-refractivity contribution >= 4 is 14.1 Å². The van der Waals surface area contributed by atoms with Crippen molar-refractivity contribution < 1.29 is 14.3 Å². The molecule has 4 atom stereocenters. The van der Waals surface area contributed by atoms with E-state index in [2.05, 4.69) is 40.4 Å². The zero-order chi connectivity index (χ0) is 18.7. The molecule has 140 valence electrons. The van der Waals surface area contributed by atoms with E-state index in [0.29, 0.717) is 12.8 Å². The van der Waals surface area contributed by atoms with E-state index in [1.807, 2.05) is 6.08 Å². The molecule has 0 amide bonds. The summed E-state index contributed by atoms with van der Waals surface area (Å²) in [5, 5.41) is 11.7. The van der Waals surface area contributed by atoms with Gasteiger partial charge in [-0.25, -0.2) is 0 Å². The Morgan fingerprint density at radius 2 is 2.00 bits per heavy atom. The first kappa shape index (κ1) is 19.1. The molecule has 1 N–H and O–H groups in total. The fourth-order valence-electron chi connectivity index (χ4n) is 5.11. The lowest BCUT2D eigenvalue weighted by Gasteiger charge is -2.52. The standard InChI is InChI=1S/C21H34O3Si/c1-7-20(23)12-10-18(24-25(5,6)19(2,3)4)21(20)11-8-9-15-13-16(22)14-17(15)21/h7,14-15,18,23H,1,8-13H2,2-6H3/t15-,18+,20-,21-/m0/s1. The summed E-state index contributed by atoms with van der Waals surface area (Å²) < 4.78 is 6.88. The predicted octanol–water partition coefficient (Wildman–Crippen LogP) is 4.77. The van der Waals surface area contributed by atoms with Crippen molar-refractivity contribution in [3.05, 3.63) is 24.3 Å². The molecule has 2 saturated carbocycles. The van der Waals surface area contributed by atoms with Gasteiger partial charge in [-0.1, -0.05) is 38.8 Å². The Labute approximate surface area is 153 Å². The van der Waals surface area contributed by atoms with Crippen LogP contribution in [0.1, 0.15) is 59.3 Å². The SMILES string of the molecule is C=C[C@]1(O)CC[C@@H](O[Si](C)(C)C(C)(C)C)[C@@]12CCC[C@H]1CC(=O)C=C12. The Bertz CT molecular complexity index is 615. The topological polar surface area (TPSA) is 46.5 Å². The highest BCUT2D eigenvalue weighted by Crippen LogP contribution is 2.63. The van der Waals surface area contributed by atoms with Gasteiger partial charge in [0.15, 0.2) is 14.1 Å². The van der Waals surface area contributed by atoms with E-state index in [1.165, 1.54) is 0 Å². The molecule has 3 rings (SSSR count). The average Bonchev–Trinajstić information content (AvgIpc) is 3.00. The van der Waals surface area contributed by atoms with Crippen LogP contribution in [-0.4, -0.2) is 30.9 Å². The van der Waals surface area contributed by atoms with Gasteiger partial charge in [-0.2, -0.15) is 0 Å². The minimum atomic E-state index is -1.97. The average molecular weight is 363 g/mol. The number of carbonyl (C=O) groups excluding carboxylic acids is 1. The molecular formula is C21H34O3Si. The third-order valence-electron chi connectivity index (χ3n) is 7.53. The number of aliphatic hydroxyl groups is 1. The van der Waals surface area contributed by atoms with Crippen LogP contribution in [0.25, 0.3) is 0 Å². The molecule has 0 heterocycles. The maximum Gasteiger partial charge on any atom is 0.192 e. The molecular weight excluding hydrogens is 328 g/mol. The van der Waals surface area contributed by atoms with Crippen LogP contribution in [0.3, 0.4) is 0 Å². The molecule has 3 aliphatic carbocycles. The normalized spacial score (nSPS) is 38.8. The summed E-state index contributed by atoms with van der Waals surface area (Å²) in [7, 11) is -1.97. The second-order valence-corrected chi connectivity index (χ2v) is 14.6. The first-order valence-corrected chi connectivity index (χ1v) is 12.7. The summed E-state index contributed by atoms with van der Waals surface area (Å²) in [6.45, 7) is 15.3. The number of rotatable bonds is 3. The Balaban J connectivity index is 2.06. The van der Waals surface area contributed by atoms with Crippen molar-refractivity contribution in [2.24, 2.45) is 11.3 Å². The van der Waals surface area contributed by atoms with E-state index in [4.69, 9.17) is 4.43 Å². The maximum absolute atomic E-state index is 12.2. The zero-order valence-corrected chi connectivity index (χ0v) is 17.5. The molecule has 0 unspecified atom stereocenters. The molecule has 3 nitrogen and oxygen atoms in total. The minimum Gasteiger partial charge on any atom is -0.413 e. The molecule has 1 spiro atoms. The second-order valence-electron chi connectivity index (χ2n) is 9.86. The third-order valence-corrected chi connectivity index (χ3v) is 12.0. The first-order valence-electron chi connectivity index (χ1n) is 9.75. The van der Waals surface area contributed by atoms with Crippen molar-refractivity contribution in [2.45, 2.75) is 89.1 Å². The van der Waals surface area contributed by atoms with E-state index in [-0.39, 0.29) is 22.8 Å². The van der Waals surface area contributed by atoms with E-state index in [0.717, 1.165) is 31.3 Å². The molecule has 0 aromatic rings. The summed E-state index contributed by atoms with van der Waals surface area (Å²) in [5.74, 6) is 0.502. The van der Waals surface area contributed by atoms with E-state index in [1.54, 1.807) is 6.08 Å². The Hall–Kier alpha value is -0.713. The number of allylic oxidation sites excluding steroid dienone is 1.